The molecule has 0 saturated carbocycles. The van der Waals surface area contributed by atoms with Gasteiger partial charge in [0.25, 0.3) is 0 Å². The van der Waals surface area contributed by atoms with Gasteiger partial charge in [-0.1, -0.05) is 0 Å². The minimum absolute atomic E-state index is 0.110. The van der Waals surface area contributed by atoms with Crippen LogP contribution < -0.4 is 0 Å². The second-order valence-electron chi connectivity index (χ2n) is 4.35. The number of aromatic nitrogens is 5. The quantitative estimate of drug-likeness (QED) is 0.858. The number of nitrogens with zero attached hydrogens (tertiary/aromatic N) is 5. The van der Waals surface area contributed by atoms with Crippen molar-refractivity contribution >= 4 is 23.1 Å². The second kappa shape index (κ2) is 5.89. The Hall–Kier alpha value is -1.20. The number of tetrazole rings is 1. The normalized spacial score (nSPS) is 17.3. The summed E-state index contributed by atoms with van der Waals surface area (Å²) in [5.74, 6) is 0. The largest absolute Gasteiger partial charge is 0.434 e. The van der Waals surface area contributed by atoms with Crippen molar-refractivity contribution in [1.82, 2.24) is 25.2 Å². The van der Waals surface area contributed by atoms with Gasteiger partial charge in [-0.15, -0.1) is 16.4 Å². The van der Waals surface area contributed by atoms with Crippen molar-refractivity contribution in [1.29, 1.82) is 0 Å². The van der Waals surface area contributed by atoms with Gasteiger partial charge in [0.1, 0.15) is 0 Å². The maximum Gasteiger partial charge on any atom is 0.434 e. The molecule has 3 heterocycles. The molecule has 0 unspecified atom stereocenters. The Morgan fingerprint density at radius 2 is 2.10 bits per heavy atom. The van der Waals surface area contributed by atoms with Gasteiger partial charge in [-0.3, -0.25) is 0 Å². The van der Waals surface area contributed by atoms with Crippen molar-refractivity contribution in [2.75, 3.05) is 13.2 Å². The Kier molecular flexibility index (Phi) is 4.13. The number of thiazole rings is 1. The highest BCUT2D eigenvalue weighted by molar-refractivity contribution is 8.00. The van der Waals surface area contributed by atoms with Crippen LogP contribution in [0.5, 0.6) is 0 Å². The fraction of sp³-hybridized carbons (Fsp3) is 0.600. The summed E-state index contributed by atoms with van der Waals surface area (Å²) in [5, 5.41) is 12.8. The third kappa shape index (κ3) is 3.35. The van der Waals surface area contributed by atoms with Gasteiger partial charge in [0.05, 0.1) is 6.04 Å². The molecule has 0 N–H and O–H groups in total. The van der Waals surface area contributed by atoms with E-state index in [-0.39, 0.29) is 10.4 Å². The number of hydrogen-bond acceptors (Lipinski definition) is 7. The average molecular weight is 337 g/mol. The van der Waals surface area contributed by atoms with E-state index in [4.69, 9.17) is 4.74 Å². The Labute approximate surface area is 125 Å². The highest BCUT2D eigenvalue weighted by Gasteiger charge is 2.34. The number of ether oxygens (including phenoxy) is 1. The van der Waals surface area contributed by atoms with E-state index in [2.05, 4.69) is 20.5 Å². The zero-order valence-corrected chi connectivity index (χ0v) is 12.2. The van der Waals surface area contributed by atoms with E-state index in [0.29, 0.717) is 18.4 Å². The van der Waals surface area contributed by atoms with Crippen LogP contribution in [0.2, 0.25) is 0 Å². The van der Waals surface area contributed by atoms with Crippen LogP contribution >= 0.6 is 23.1 Å². The van der Waals surface area contributed by atoms with Gasteiger partial charge >= 0.3 is 6.18 Å². The molecule has 114 valence electrons. The topological polar surface area (TPSA) is 65.7 Å². The van der Waals surface area contributed by atoms with E-state index in [9.17, 15) is 13.2 Å². The molecular formula is C10H10F3N5OS2. The van der Waals surface area contributed by atoms with E-state index in [1.54, 1.807) is 4.68 Å². The Bertz CT molecular complexity index is 608. The van der Waals surface area contributed by atoms with Gasteiger partial charge in [0, 0.05) is 18.6 Å². The number of alkyl halides is 3. The van der Waals surface area contributed by atoms with E-state index >= 15 is 0 Å². The van der Waals surface area contributed by atoms with E-state index in [1.165, 1.54) is 0 Å². The van der Waals surface area contributed by atoms with Gasteiger partial charge in [-0.05, 0) is 35.0 Å². The van der Waals surface area contributed by atoms with Crippen molar-refractivity contribution in [3.8, 4) is 0 Å². The summed E-state index contributed by atoms with van der Waals surface area (Å²) in [7, 11) is 0. The Morgan fingerprint density at radius 1 is 1.33 bits per heavy atom. The summed E-state index contributed by atoms with van der Waals surface area (Å²) in [6.45, 7) is 1.26. The van der Waals surface area contributed by atoms with E-state index in [1.807, 2.05) is 0 Å². The molecule has 6 nitrogen and oxygen atoms in total. The molecule has 11 heteroatoms. The number of rotatable bonds is 3. The van der Waals surface area contributed by atoms with Crippen LogP contribution in [0, 0.1) is 0 Å². The lowest BCUT2D eigenvalue weighted by Crippen LogP contribution is -2.21. The third-order valence-corrected chi connectivity index (χ3v) is 4.84. The van der Waals surface area contributed by atoms with E-state index in [0.717, 1.165) is 41.3 Å². The second-order valence-corrected chi connectivity index (χ2v) is 6.42. The summed E-state index contributed by atoms with van der Waals surface area (Å²) in [6, 6.07) is 0.110. The zero-order chi connectivity index (χ0) is 14.9. The number of halogens is 3. The van der Waals surface area contributed by atoms with Crippen LogP contribution in [-0.4, -0.2) is 38.4 Å². The molecule has 0 amide bonds. The SMILES string of the molecule is FC(F)(F)c1csc(Sc2nnnn2C2CCOCC2)n1. The molecule has 0 bridgehead atoms. The molecule has 1 aliphatic rings. The first-order valence-electron chi connectivity index (χ1n) is 6.10. The van der Waals surface area contributed by atoms with Crippen molar-refractivity contribution in [3.63, 3.8) is 0 Å². The Balaban J connectivity index is 1.76. The van der Waals surface area contributed by atoms with Crippen molar-refractivity contribution in [2.24, 2.45) is 0 Å². The van der Waals surface area contributed by atoms with Crippen LogP contribution in [-0.2, 0) is 10.9 Å². The van der Waals surface area contributed by atoms with Gasteiger partial charge in [-0.2, -0.15) is 13.2 Å². The highest BCUT2D eigenvalue weighted by atomic mass is 32.2. The molecule has 0 aliphatic carbocycles. The third-order valence-electron chi connectivity index (χ3n) is 2.95. The highest BCUT2D eigenvalue weighted by Crippen LogP contribution is 2.36. The molecule has 1 aliphatic heterocycles. The lowest BCUT2D eigenvalue weighted by molar-refractivity contribution is -0.141. The monoisotopic (exact) mass is 337 g/mol. The predicted molar refractivity (Wildman–Crippen MR) is 68.1 cm³/mol. The van der Waals surface area contributed by atoms with Crippen LogP contribution in [0.4, 0.5) is 13.2 Å². The molecule has 0 spiro atoms. The maximum atomic E-state index is 12.5. The van der Waals surface area contributed by atoms with Gasteiger partial charge in [-0.25, -0.2) is 9.67 Å². The van der Waals surface area contributed by atoms with Crippen molar-refractivity contribution < 1.29 is 17.9 Å². The standard InChI is InChI=1S/C10H10F3N5OS2/c11-10(12,13)7-5-20-9(14-7)21-8-15-16-17-18(8)6-1-3-19-4-2-6/h5-6H,1-4H2. The first-order chi connectivity index (χ1) is 10.0. The summed E-state index contributed by atoms with van der Waals surface area (Å²) >= 11 is 1.97. The molecule has 2 aromatic rings. The van der Waals surface area contributed by atoms with Crippen LogP contribution in [0.15, 0.2) is 14.9 Å². The maximum absolute atomic E-state index is 12.5. The van der Waals surface area contributed by atoms with Crippen molar-refractivity contribution in [2.45, 2.75) is 34.6 Å². The van der Waals surface area contributed by atoms with Crippen LogP contribution in [0.3, 0.4) is 0 Å². The summed E-state index contributed by atoms with van der Waals surface area (Å²) in [4.78, 5) is 3.57. The van der Waals surface area contributed by atoms with E-state index < -0.39 is 11.9 Å². The molecule has 3 rings (SSSR count). The van der Waals surface area contributed by atoms with Crippen LogP contribution in [0.25, 0.3) is 0 Å². The molecule has 0 radical (unpaired) electrons. The molecule has 1 fully saturated rings. The zero-order valence-electron chi connectivity index (χ0n) is 10.6. The molecule has 1 saturated heterocycles. The van der Waals surface area contributed by atoms with Crippen molar-refractivity contribution in [3.05, 3.63) is 11.1 Å². The summed E-state index contributed by atoms with van der Waals surface area (Å²) < 4.78 is 44.8. The lowest BCUT2D eigenvalue weighted by Gasteiger charge is -2.22. The Morgan fingerprint density at radius 3 is 2.76 bits per heavy atom. The fourth-order valence-electron chi connectivity index (χ4n) is 1.92. The van der Waals surface area contributed by atoms with Crippen LogP contribution in [0.1, 0.15) is 24.6 Å². The molecule has 21 heavy (non-hydrogen) atoms. The lowest BCUT2D eigenvalue weighted by atomic mass is 10.1. The molecule has 0 atom stereocenters. The van der Waals surface area contributed by atoms with Gasteiger partial charge in [0.15, 0.2) is 10.0 Å². The minimum atomic E-state index is -4.43. The molecule has 0 aromatic carbocycles. The minimum Gasteiger partial charge on any atom is -0.381 e. The average Bonchev–Trinajstić information content (AvgIpc) is 3.09. The van der Waals surface area contributed by atoms with Gasteiger partial charge < -0.3 is 4.74 Å². The number of hydrogen-bond donors (Lipinski definition) is 0. The first kappa shape index (κ1) is 14.7. The molecule has 2 aromatic heterocycles. The smallest absolute Gasteiger partial charge is 0.381 e. The van der Waals surface area contributed by atoms with Gasteiger partial charge in [0.2, 0.25) is 5.16 Å². The molecular weight excluding hydrogens is 327 g/mol. The summed E-state index contributed by atoms with van der Waals surface area (Å²) in [5.41, 5.74) is -0.889. The first-order valence-corrected chi connectivity index (χ1v) is 7.80. The summed E-state index contributed by atoms with van der Waals surface area (Å²) in [6.07, 6.45) is -2.86. The fourth-order valence-corrected chi connectivity index (χ4v) is 3.69. The predicted octanol–water partition coefficient (Wildman–Crippen LogP) is 2.65.